The maximum atomic E-state index is 12.4. The van der Waals surface area contributed by atoms with Crippen molar-refractivity contribution in [3.63, 3.8) is 0 Å². The number of carbonyl (C=O) groups excluding carboxylic acids is 1. The molecule has 2 aliphatic heterocycles. The molecule has 7 nitrogen and oxygen atoms in total. The highest BCUT2D eigenvalue weighted by Crippen LogP contribution is 2.24. The van der Waals surface area contributed by atoms with Gasteiger partial charge in [0.25, 0.3) is 0 Å². The van der Waals surface area contributed by atoms with Gasteiger partial charge in [0.05, 0.1) is 18.8 Å². The lowest BCUT2D eigenvalue weighted by atomic mass is 10.0. The number of aliphatic carboxylic acids is 1. The Bertz CT molecular complexity index is 362. The van der Waals surface area contributed by atoms with Gasteiger partial charge in [-0.3, -0.25) is 0 Å². The molecule has 2 heterocycles. The molecule has 0 aromatic rings. The number of carboxylic acids is 1. The van der Waals surface area contributed by atoms with Crippen LogP contribution in [0.2, 0.25) is 0 Å². The topological polar surface area (TPSA) is 101 Å². The molecule has 0 bridgehead atoms. The second-order valence-corrected chi connectivity index (χ2v) is 5.20. The molecule has 3 N–H and O–H groups in total. The van der Waals surface area contributed by atoms with Crippen LogP contribution in [0, 0.1) is 0 Å². The average Bonchev–Trinajstić information content (AvgIpc) is 2.80. The highest BCUT2D eigenvalue weighted by molar-refractivity contribution is 5.83. The van der Waals surface area contributed by atoms with Gasteiger partial charge in [-0.2, -0.15) is 0 Å². The number of rotatable bonds is 2. The highest BCUT2D eigenvalue weighted by Gasteiger charge is 2.42. The zero-order valence-corrected chi connectivity index (χ0v) is 10.7. The van der Waals surface area contributed by atoms with Crippen LogP contribution in [0.5, 0.6) is 0 Å². The van der Waals surface area contributed by atoms with Crippen molar-refractivity contribution in [2.75, 3.05) is 19.7 Å². The molecule has 0 radical (unpaired) electrons. The van der Waals surface area contributed by atoms with E-state index in [-0.39, 0.29) is 31.6 Å². The molecule has 2 unspecified atom stereocenters. The van der Waals surface area contributed by atoms with Gasteiger partial charge >= 0.3 is 12.0 Å². The number of urea groups is 1. The largest absolute Gasteiger partial charge is 0.480 e. The summed E-state index contributed by atoms with van der Waals surface area (Å²) in [4.78, 5) is 26.3. The number of carbonyl (C=O) groups is 2. The normalized spacial score (nSPS) is 31.6. The molecule has 19 heavy (non-hydrogen) atoms. The van der Waals surface area contributed by atoms with E-state index in [1.807, 2.05) is 0 Å². The van der Waals surface area contributed by atoms with Gasteiger partial charge in [0, 0.05) is 19.5 Å². The van der Waals surface area contributed by atoms with Crippen LogP contribution in [0.25, 0.3) is 0 Å². The summed E-state index contributed by atoms with van der Waals surface area (Å²) in [5.41, 5.74) is 0. The maximum Gasteiger partial charge on any atom is 0.326 e. The Morgan fingerprint density at radius 3 is 2.58 bits per heavy atom. The number of likely N-dealkylation sites (tertiary alicyclic amines) is 2. The molecule has 0 aromatic carbocycles. The van der Waals surface area contributed by atoms with Crippen LogP contribution in [0.15, 0.2) is 0 Å². The first-order valence-corrected chi connectivity index (χ1v) is 6.63. The van der Waals surface area contributed by atoms with E-state index in [0.29, 0.717) is 6.54 Å². The van der Waals surface area contributed by atoms with Crippen molar-refractivity contribution >= 4 is 12.0 Å². The predicted molar refractivity (Wildman–Crippen MR) is 65.6 cm³/mol. The Balaban J connectivity index is 2.11. The lowest BCUT2D eigenvalue weighted by Gasteiger charge is -2.38. The molecule has 2 amide bonds. The van der Waals surface area contributed by atoms with Crippen molar-refractivity contribution in [3.8, 4) is 0 Å². The van der Waals surface area contributed by atoms with Gasteiger partial charge < -0.3 is 25.1 Å². The molecule has 3 atom stereocenters. The first kappa shape index (κ1) is 14.1. The fraction of sp³-hybridized carbons (Fsp3) is 0.833. The van der Waals surface area contributed by atoms with Crippen LogP contribution in [-0.4, -0.2) is 75.0 Å². The van der Waals surface area contributed by atoms with Crippen molar-refractivity contribution in [3.05, 3.63) is 0 Å². The van der Waals surface area contributed by atoms with E-state index >= 15 is 0 Å². The summed E-state index contributed by atoms with van der Waals surface area (Å²) >= 11 is 0. The highest BCUT2D eigenvalue weighted by atomic mass is 16.4. The van der Waals surface area contributed by atoms with E-state index in [1.54, 1.807) is 0 Å². The van der Waals surface area contributed by atoms with E-state index in [0.717, 1.165) is 19.3 Å². The molecule has 7 heteroatoms. The van der Waals surface area contributed by atoms with Crippen molar-refractivity contribution in [2.45, 2.75) is 43.9 Å². The molecule has 0 aliphatic carbocycles. The summed E-state index contributed by atoms with van der Waals surface area (Å²) in [5, 5.41) is 28.0. The smallest absolute Gasteiger partial charge is 0.326 e. The molecule has 0 saturated carbocycles. The number of hydrogen-bond donors (Lipinski definition) is 3. The number of β-amino-alcohol motifs (C(OH)–C–C–N with tert-alkyl or cyclic N) is 1. The summed E-state index contributed by atoms with van der Waals surface area (Å²) in [6.07, 6.45) is 1.83. The zero-order valence-electron chi connectivity index (χ0n) is 10.7. The lowest BCUT2D eigenvalue weighted by Crippen LogP contribution is -2.54. The first-order valence-electron chi connectivity index (χ1n) is 6.63. The number of hydrogen-bond acceptors (Lipinski definition) is 4. The number of aliphatic hydroxyl groups excluding tert-OH is 2. The van der Waals surface area contributed by atoms with E-state index in [2.05, 4.69) is 0 Å². The van der Waals surface area contributed by atoms with Crippen LogP contribution in [-0.2, 0) is 4.79 Å². The Hall–Kier alpha value is -1.34. The lowest BCUT2D eigenvalue weighted by molar-refractivity contribution is -0.141. The molecule has 0 aromatic heterocycles. The van der Waals surface area contributed by atoms with Gasteiger partial charge in [-0.15, -0.1) is 0 Å². The van der Waals surface area contributed by atoms with Gasteiger partial charge in [-0.1, -0.05) is 0 Å². The molecular formula is C12H20N2O5. The van der Waals surface area contributed by atoms with Crippen molar-refractivity contribution in [2.24, 2.45) is 0 Å². The summed E-state index contributed by atoms with van der Waals surface area (Å²) in [6, 6.07) is -1.60. The Morgan fingerprint density at radius 1 is 1.21 bits per heavy atom. The third kappa shape index (κ3) is 2.82. The van der Waals surface area contributed by atoms with Crippen LogP contribution in [0.1, 0.15) is 25.7 Å². The molecule has 2 aliphatic rings. The van der Waals surface area contributed by atoms with Gasteiger partial charge in [0.1, 0.15) is 6.04 Å². The maximum absolute atomic E-state index is 12.4. The van der Waals surface area contributed by atoms with Crippen molar-refractivity contribution in [1.82, 2.24) is 9.80 Å². The first-order chi connectivity index (χ1) is 9.04. The van der Waals surface area contributed by atoms with Gasteiger partial charge in [0.2, 0.25) is 0 Å². The van der Waals surface area contributed by atoms with Crippen LogP contribution in [0.4, 0.5) is 4.79 Å². The second-order valence-electron chi connectivity index (χ2n) is 5.20. The Morgan fingerprint density at radius 2 is 1.95 bits per heavy atom. The molecule has 2 saturated heterocycles. The van der Waals surface area contributed by atoms with E-state index in [1.165, 1.54) is 9.80 Å². The fourth-order valence-electron chi connectivity index (χ4n) is 2.87. The molecule has 2 rings (SSSR count). The standard InChI is InChI=1S/C12H20N2O5/c15-7-8-3-1-2-4-13(8)12(19)14-6-9(16)5-10(14)11(17)18/h8-10,15-16H,1-7H2,(H,17,18)/t8?,9?,10-/m0/s1. The quantitative estimate of drug-likeness (QED) is 0.627. The summed E-state index contributed by atoms with van der Waals surface area (Å²) in [5.74, 6) is -1.09. The minimum absolute atomic E-state index is 0.0461. The minimum Gasteiger partial charge on any atom is -0.480 e. The summed E-state index contributed by atoms with van der Waals surface area (Å²) < 4.78 is 0. The number of piperidine rings is 1. The molecular weight excluding hydrogens is 252 g/mol. The summed E-state index contributed by atoms with van der Waals surface area (Å²) in [6.45, 7) is 0.466. The fourth-order valence-corrected chi connectivity index (χ4v) is 2.87. The number of amides is 2. The van der Waals surface area contributed by atoms with Gasteiger partial charge in [-0.05, 0) is 19.3 Å². The average molecular weight is 272 g/mol. The second kappa shape index (κ2) is 5.75. The van der Waals surface area contributed by atoms with E-state index in [9.17, 15) is 19.8 Å². The Kier molecular flexibility index (Phi) is 4.26. The van der Waals surface area contributed by atoms with Gasteiger partial charge in [0.15, 0.2) is 0 Å². The predicted octanol–water partition coefficient (Wildman–Crippen LogP) is -0.527. The van der Waals surface area contributed by atoms with Crippen molar-refractivity contribution < 1.29 is 24.9 Å². The number of carboxylic acid groups (broad SMARTS) is 1. The van der Waals surface area contributed by atoms with E-state index < -0.39 is 18.1 Å². The van der Waals surface area contributed by atoms with Crippen LogP contribution < -0.4 is 0 Å². The van der Waals surface area contributed by atoms with E-state index in [4.69, 9.17) is 5.11 Å². The van der Waals surface area contributed by atoms with Gasteiger partial charge in [-0.25, -0.2) is 9.59 Å². The Labute approximate surface area is 111 Å². The zero-order chi connectivity index (χ0) is 14.0. The minimum atomic E-state index is -1.09. The third-order valence-corrected chi connectivity index (χ3v) is 3.89. The molecule has 0 spiro atoms. The van der Waals surface area contributed by atoms with Crippen LogP contribution >= 0.6 is 0 Å². The number of aliphatic hydroxyl groups is 2. The molecule has 2 fully saturated rings. The SMILES string of the molecule is O=C(O)[C@@H]1CC(O)CN1C(=O)N1CCCCC1CO. The number of nitrogens with zero attached hydrogens (tertiary/aromatic N) is 2. The monoisotopic (exact) mass is 272 g/mol. The van der Waals surface area contributed by atoms with Crippen molar-refractivity contribution in [1.29, 1.82) is 0 Å². The molecule has 108 valence electrons. The summed E-state index contributed by atoms with van der Waals surface area (Å²) in [7, 11) is 0. The third-order valence-electron chi connectivity index (χ3n) is 3.89. The van der Waals surface area contributed by atoms with Crippen LogP contribution in [0.3, 0.4) is 0 Å².